The van der Waals surface area contributed by atoms with Gasteiger partial charge in [-0.1, -0.05) is 0 Å². The zero-order valence-corrected chi connectivity index (χ0v) is 10.3. The van der Waals surface area contributed by atoms with Crippen molar-refractivity contribution in [2.24, 2.45) is 0 Å². The number of nitrogens with one attached hydrogen (secondary N) is 2. The Labute approximate surface area is 97.6 Å². The Kier molecular flexibility index (Phi) is 4.39. The van der Waals surface area contributed by atoms with Gasteiger partial charge in [0.05, 0.1) is 13.2 Å². The van der Waals surface area contributed by atoms with Crippen LogP contribution in [-0.4, -0.2) is 36.7 Å². The highest BCUT2D eigenvalue weighted by molar-refractivity contribution is 7.57. The predicted molar refractivity (Wildman–Crippen MR) is 56.3 cm³/mol. The van der Waals surface area contributed by atoms with Crippen LogP contribution in [0.5, 0.6) is 0 Å². The molecule has 0 saturated carbocycles. The molecule has 8 nitrogen and oxygen atoms in total. The molecule has 1 heterocycles. The second-order valence-electron chi connectivity index (χ2n) is 3.09. The van der Waals surface area contributed by atoms with Crippen molar-refractivity contribution in [1.82, 2.24) is 10.6 Å². The molecule has 4 amide bonds. The molecule has 1 fully saturated rings. The van der Waals surface area contributed by atoms with E-state index in [1.807, 2.05) is 10.6 Å². The SMILES string of the molecule is CCOP(=O)(OCC)C1C(=O)NC(=O)NC1=O. The first kappa shape index (κ1) is 13.8. The maximum atomic E-state index is 12.2. The van der Waals surface area contributed by atoms with E-state index in [4.69, 9.17) is 9.05 Å². The van der Waals surface area contributed by atoms with Gasteiger partial charge in [0.15, 0.2) is 0 Å². The Morgan fingerprint density at radius 1 is 1.06 bits per heavy atom. The molecular formula is C8H13N2O6P. The second-order valence-corrected chi connectivity index (χ2v) is 5.20. The van der Waals surface area contributed by atoms with Crippen molar-refractivity contribution in [2.75, 3.05) is 13.2 Å². The highest BCUT2D eigenvalue weighted by atomic mass is 31.2. The van der Waals surface area contributed by atoms with E-state index in [2.05, 4.69) is 0 Å². The third kappa shape index (κ3) is 2.91. The molecule has 0 unspecified atom stereocenters. The van der Waals surface area contributed by atoms with E-state index in [1.165, 1.54) is 0 Å². The van der Waals surface area contributed by atoms with Crippen molar-refractivity contribution in [1.29, 1.82) is 0 Å². The summed E-state index contributed by atoms with van der Waals surface area (Å²) < 4.78 is 22.0. The lowest BCUT2D eigenvalue weighted by Crippen LogP contribution is -2.58. The van der Waals surface area contributed by atoms with Crippen molar-refractivity contribution >= 4 is 25.4 Å². The minimum Gasteiger partial charge on any atom is -0.308 e. The standard InChI is InChI=1S/C8H13N2O6P/c1-3-15-17(14,16-4-2)5-6(11)9-8(13)10-7(5)12/h5H,3-4H2,1-2H3,(H2,9,10,11,12,13). The molecule has 0 aliphatic carbocycles. The zero-order chi connectivity index (χ0) is 13.1. The van der Waals surface area contributed by atoms with E-state index >= 15 is 0 Å². The van der Waals surface area contributed by atoms with Crippen molar-refractivity contribution in [3.05, 3.63) is 0 Å². The largest absolute Gasteiger partial charge is 0.352 e. The van der Waals surface area contributed by atoms with Gasteiger partial charge < -0.3 is 9.05 Å². The molecule has 0 atom stereocenters. The highest BCUT2D eigenvalue weighted by Crippen LogP contribution is 2.53. The fourth-order valence-corrected chi connectivity index (χ4v) is 3.14. The van der Waals surface area contributed by atoms with Crippen LogP contribution in [0.4, 0.5) is 4.79 Å². The van der Waals surface area contributed by atoms with Crippen LogP contribution in [0.3, 0.4) is 0 Å². The van der Waals surface area contributed by atoms with Crippen molar-refractivity contribution in [2.45, 2.75) is 19.5 Å². The molecular weight excluding hydrogens is 251 g/mol. The van der Waals surface area contributed by atoms with Crippen LogP contribution in [0.1, 0.15) is 13.8 Å². The van der Waals surface area contributed by atoms with Crippen LogP contribution in [0, 0.1) is 0 Å². The van der Waals surface area contributed by atoms with Gasteiger partial charge in [0.25, 0.3) is 11.8 Å². The molecule has 1 rings (SSSR count). The zero-order valence-electron chi connectivity index (χ0n) is 9.39. The minimum absolute atomic E-state index is 0.0162. The number of barbiturate groups is 1. The maximum absolute atomic E-state index is 12.2. The minimum atomic E-state index is -3.91. The van der Waals surface area contributed by atoms with Crippen LogP contribution in [0.15, 0.2) is 0 Å². The van der Waals surface area contributed by atoms with Gasteiger partial charge in [-0.2, -0.15) is 0 Å². The van der Waals surface area contributed by atoms with Crippen LogP contribution in [0.25, 0.3) is 0 Å². The van der Waals surface area contributed by atoms with E-state index in [1.54, 1.807) is 13.8 Å². The number of hydrogen-bond donors (Lipinski definition) is 2. The molecule has 1 saturated heterocycles. The smallest absolute Gasteiger partial charge is 0.308 e. The second kappa shape index (κ2) is 5.39. The van der Waals surface area contributed by atoms with Crippen LogP contribution >= 0.6 is 7.60 Å². The first-order valence-electron chi connectivity index (χ1n) is 4.99. The van der Waals surface area contributed by atoms with Gasteiger partial charge in [-0.25, -0.2) is 4.79 Å². The molecule has 0 aromatic rings. The fraction of sp³-hybridized carbons (Fsp3) is 0.625. The monoisotopic (exact) mass is 264 g/mol. The molecule has 0 spiro atoms. The number of carbonyl (C=O) groups excluding carboxylic acids is 3. The number of hydrogen-bond acceptors (Lipinski definition) is 6. The molecule has 1 aliphatic rings. The van der Waals surface area contributed by atoms with Gasteiger partial charge in [0, 0.05) is 0 Å². The summed E-state index contributed by atoms with van der Waals surface area (Å²) in [5.41, 5.74) is -1.65. The van der Waals surface area contributed by atoms with E-state index in [-0.39, 0.29) is 13.2 Å². The van der Waals surface area contributed by atoms with Gasteiger partial charge in [-0.15, -0.1) is 0 Å². The van der Waals surface area contributed by atoms with Crippen molar-refractivity contribution in [3.63, 3.8) is 0 Å². The third-order valence-corrected chi connectivity index (χ3v) is 4.24. The summed E-state index contributed by atoms with van der Waals surface area (Å²) in [5.74, 6) is -1.96. The van der Waals surface area contributed by atoms with E-state index < -0.39 is 31.1 Å². The van der Waals surface area contributed by atoms with Gasteiger partial charge in [0.2, 0.25) is 5.66 Å². The topological polar surface area (TPSA) is 111 Å². The van der Waals surface area contributed by atoms with Gasteiger partial charge >= 0.3 is 13.6 Å². The molecule has 96 valence electrons. The summed E-state index contributed by atoms with van der Waals surface area (Å²) in [6.45, 7) is 3.13. The maximum Gasteiger partial charge on any atom is 0.352 e. The van der Waals surface area contributed by atoms with Crippen LogP contribution in [-0.2, 0) is 23.2 Å². The van der Waals surface area contributed by atoms with Gasteiger partial charge in [0.1, 0.15) is 0 Å². The van der Waals surface area contributed by atoms with E-state index in [0.717, 1.165) is 0 Å². The summed E-state index contributed by atoms with van der Waals surface area (Å²) in [4.78, 5) is 33.8. The third-order valence-electron chi connectivity index (χ3n) is 1.90. The number of carbonyl (C=O) groups is 3. The Hall–Kier alpha value is -1.24. The molecule has 0 radical (unpaired) electrons. The average Bonchev–Trinajstić information content (AvgIpc) is 2.15. The van der Waals surface area contributed by atoms with Crippen LogP contribution < -0.4 is 10.6 Å². The fourth-order valence-electron chi connectivity index (χ4n) is 1.34. The Morgan fingerprint density at radius 2 is 1.47 bits per heavy atom. The van der Waals surface area contributed by atoms with Crippen molar-refractivity contribution < 1.29 is 28.0 Å². The summed E-state index contributed by atoms with van der Waals surface area (Å²) >= 11 is 0. The van der Waals surface area contributed by atoms with Gasteiger partial charge in [-0.05, 0) is 13.8 Å². The quantitative estimate of drug-likeness (QED) is 0.533. The Morgan fingerprint density at radius 3 is 1.82 bits per heavy atom. The first-order valence-corrected chi connectivity index (χ1v) is 6.60. The lowest BCUT2D eigenvalue weighted by Gasteiger charge is -2.26. The number of rotatable bonds is 5. The predicted octanol–water partition coefficient (Wildman–Crippen LogP) is -0.0129. The molecule has 1 aliphatic heterocycles. The summed E-state index contributed by atoms with van der Waals surface area (Å²) in [6, 6.07) is -0.948. The van der Waals surface area contributed by atoms with E-state index in [9.17, 15) is 18.9 Å². The number of amides is 4. The molecule has 9 heteroatoms. The summed E-state index contributed by atoms with van der Waals surface area (Å²) in [7, 11) is -3.91. The molecule has 2 N–H and O–H groups in total. The Bertz CT molecular complexity index is 365. The normalized spacial score (nSPS) is 17.9. The summed E-state index contributed by atoms with van der Waals surface area (Å²) in [6.07, 6.45) is 0. The lowest BCUT2D eigenvalue weighted by atomic mass is 10.3. The number of imide groups is 2. The molecule has 17 heavy (non-hydrogen) atoms. The average molecular weight is 264 g/mol. The first-order chi connectivity index (χ1) is 7.94. The number of urea groups is 1. The van der Waals surface area contributed by atoms with Crippen LogP contribution in [0.2, 0.25) is 0 Å². The highest BCUT2D eigenvalue weighted by Gasteiger charge is 2.50. The lowest BCUT2D eigenvalue weighted by molar-refractivity contribution is -0.129. The molecule has 0 aromatic heterocycles. The molecule has 0 bridgehead atoms. The molecule has 0 aromatic carbocycles. The van der Waals surface area contributed by atoms with Gasteiger partial charge in [-0.3, -0.25) is 24.8 Å². The summed E-state index contributed by atoms with van der Waals surface area (Å²) in [5, 5.41) is 3.68. The van der Waals surface area contributed by atoms with Crippen molar-refractivity contribution in [3.8, 4) is 0 Å². The Balaban J connectivity index is 3.01. The van der Waals surface area contributed by atoms with E-state index in [0.29, 0.717) is 0 Å².